The third-order valence-corrected chi connectivity index (χ3v) is 5.96. The van der Waals surface area contributed by atoms with Crippen molar-refractivity contribution in [2.75, 3.05) is 5.75 Å². The molecule has 28 heavy (non-hydrogen) atoms. The zero-order valence-electron chi connectivity index (χ0n) is 15.1. The highest BCUT2D eigenvalue weighted by Gasteiger charge is 2.13. The van der Waals surface area contributed by atoms with Crippen LogP contribution in [0.25, 0.3) is 21.8 Å². The molecular weight excluding hydrogens is 394 g/mol. The number of H-pyrrole nitrogens is 2. The summed E-state index contributed by atoms with van der Waals surface area (Å²) >= 11 is 7.82. The molecule has 4 rings (SSSR count). The molecule has 0 aliphatic rings. The van der Waals surface area contributed by atoms with Crippen LogP contribution in [0.3, 0.4) is 0 Å². The molecule has 0 saturated carbocycles. The van der Waals surface area contributed by atoms with Crippen LogP contribution in [-0.2, 0) is 4.79 Å². The average molecular weight is 412 g/mol. The van der Waals surface area contributed by atoms with E-state index in [1.165, 1.54) is 11.8 Å². The summed E-state index contributed by atoms with van der Waals surface area (Å²) in [6.45, 7) is 1.92. The molecule has 0 aliphatic carbocycles. The molecule has 0 aliphatic heterocycles. The van der Waals surface area contributed by atoms with Gasteiger partial charge in [0.2, 0.25) is 5.91 Å². The number of halogens is 1. The first-order chi connectivity index (χ1) is 13.5. The van der Waals surface area contributed by atoms with Crippen LogP contribution >= 0.6 is 23.4 Å². The molecule has 1 atom stereocenters. The first kappa shape index (κ1) is 18.7. The number of hydrogen-bond donors (Lipinski definition) is 3. The predicted molar refractivity (Wildman–Crippen MR) is 115 cm³/mol. The van der Waals surface area contributed by atoms with E-state index in [1.807, 2.05) is 61.5 Å². The van der Waals surface area contributed by atoms with Crippen LogP contribution < -0.4 is 11.0 Å². The molecule has 1 heterocycles. The molecule has 7 heteroatoms. The molecule has 0 radical (unpaired) electrons. The minimum atomic E-state index is -0.242. The van der Waals surface area contributed by atoms with Crippen LogP contribution in [0.4, 0.5) is 0 Å². The van der Waals surface area contributed by atoms with Gasteiger partial charge < -0.3 is 15.3 Å². The van der Waals surface area contributed by atoms with Gasteiger partial charge in [0.1, 0.15) is 0 Å². The largest absolute Gasteiger partial charge is 0.349 e. The lowest BCUT2D eigenvalue weighted by Gasteiger charge is -2.15. The van der Waals surface area contributed by atoms with E-state index >= 15 is 0 Å². The van der Waals surface area contributed by atoms with Crippen LogP contribution in [0, 0.1) is 0 Å². The van der Waals surface area contributed by atoms with Crippen molar-refractivity contribution in [2.24, 2.45) is 0 Å². The first-order valence-electron chi connectivity index (χ1n) is 8.82. The van der Waals surface area contributed by atoms with Crippen molar-refractivity contribution in [3.63, 3.8) is 0 Å². The summed E-state index contributed by atoms with van der Waals surface area (Å²) in [7, 11) is 0. The maximum atomic E-state index is 12.5. The Morgan fingerprint density at radius 1 is 1.11 bits per heavy atom. The number of amides is 1. The second-order valence-electron chi connectivity index (χ2n) is 6.56. The normalized spacial score (nSPS) is 12.4. The maximum Gasteiger partial charge on any atom is 0.323 e. The zero-order valence-corrected chi connectivity index (χ0v) is 16.7. The van der Waals surface area contributed by atoms with E-state index in [1.54, 1.807) is 0 Å². The minimum Gasteiger partial charge on any atom is -0.349 e. The van der Waals surface area contributed by atoms with Gasteiger partial charge in [-0.1, -0.05) is 41.9 Å². The number of rotatable bonds is 5. The SMILES string of the molecule is CC(NC(=O)CSc1cccc2cccc(Cl)c12)c1ccc2[nH]c(=O)[nH]c2c1. The van der Waals surface area contributed by atoms with Gasteiger partial charge in [-0.2, -0.15) is 0 Å². The van der Waals surface area contributed by atoms with Gasteiger partial charge in [-0.3, -0.25) is 4.79 Å². The van der Waals surface area contributed by atoms with Gasteiger partial charge in [0.05, 0.1) is 22.8 Å². The molecule has 0 saturated heterocycles. The molecular formula is C21H18ClN3O2S. The summed E-state index contributed by atoms with van der Waals surface area (Å²) in [6.07, 6.45) is 0. The van der Waals surface area contributed by atoms with E-state index in [9.17, 15) is 9.59 Å². The molecule has 3 aromatic carbocycles. The van der Waals surface area contributed by atoms with E-state index in [0.717, 1.165) is 32.3 Å². The lowest BCUT2D eigenvalue weighted by Crippen LogP contribution is -2.28. The second-order valence-corrected chi connectivity index (χ2v) is 7.98. The molecule has 5 nitrogen and oxygen atoms in total. The highest BCUT2D eigenvalue weighted by Crippen LogP contribution is 2.33. The van der Waals surface area contributed by atoms with Crippen molar-refractivity contribution in [3.8, 4) is 0 Å². The molecule has 0 fully saturated rings. The van der Waals surface area contributed by atoms with Gasteiger partial charge in [-0.25, -0.2) is 4.79 Å². The van der Waals surface area contributed by atoms with Gasteiger partial charge in [0.25, 0.3) is 0 Å². The summed E-state index contributed by atoms with van der Waals surface area (Å²) in [5, 5.41) is 5.72. The van der Waals surface area contributed by atoms with Gasteiger partial charge in [0.15, 0.2) is 0 Å². The van der Waals surface area contributed by atoms with Gasteiger partial charge >= 0.3 is 5.69 Å². The summed E-state index contributed by atoms with van der Waals surface area (Å²) in [5.74, 6) is 0.224. The Bertz CT molecular complexity index is 1230. The molecule has 1 amide bonds. The summed E-state index contributed by atoms with van der Waals surface area (Å²) in [6, 6.07) is 17.2. The Labute approximate surface area is 170 Å². The quantitative estimate of drug-likeness (QED) is 0.419. The van der Waals surface area contributed by atoms with E-state index < -0.39 is 0 Å². The number of imidazole rings is 1. The van der Waals surface area contributed by atoms with Crippen LogP contribution in [0.1, 0.15) is 18.5 Å². The van der Waals surface area contributed by atoms with Crippen molar-refractivity contribution in [2.45, 2.75) is 17.9 Å². The van der Waals surface area contributed by atoms with E-state index in [2.05, 4.69) is 15.3 Å². The predicted octanol–water partition coefficient (Wildman–Crippen LogP) is 4.63. The number of fused-ring (bicyclic) bond motifs is 2. The Balaban J connectivity index is 1.45. The monoisotopic (exact) mass is 411 g/mol. The third-order valence-electron chi connectivity index (χ3n) is 4.59. The lowest BCUT2D eigenvalue weighted by atomic mass is 10.1. The van der Waals surface area contributed by atoms with Gasteiger partial charge in [0, 0.05) is 15.3 Å². The number of aromatic amines is 2. The standard InChI is InChI=1S/C21H18ClN3O2S/c1-12(14-8-9-16-17(10-14)25-21(27)24-16)23-19(26)11-28-18-7-3-5-13-4-2-6-15(22)20(13)18/h2-10,12H,11H2,1H3,(H,23,26)(H2,24,25,27). The molecule has 0 spiro atoms. The topological polar surface area (TPSA) is 77.8 Å². The van der Waals surface area contributed by atoms with Crippen LogP contribution in [-0.4, -0.2) is 21.6 Å². The molecule has 142 valence electrons. The Morgan fingerprint density at radius 2 is 1.86 bits per heavy atom. The first-order valence-corrected chi connectivity index (χ1v) is 10.2. The second kappa shape index (κ2) is 7.73. The third kappa shape index (κ3) is 3.79. The summed E-state index contributed by atoms with van der Waals surface area (Å²) in [4.78, 5) is 30.3. The highest BCUT2D eigenvalue weighted by atomic mass is 35.5. The number of thioether (sulfide) groups is 1. The molecule has 3 N–H and O–H groups in total. The number of nitrogens with one attached hydrogen (secondary N) is 3. The molecule has 1 unspecified atom stereocenters. The van der Waals surface area contributed by atoms with Gasteiger partial charge in [-0.05, 0) is 42.1 Å². The number of hydrogen-bond acceptors (Lipinski definition) is 3. The minimum absolute atomic E-state index is 0.0655. The van der Waals surface area contributed by atoms with E-state index in [-0.39, 0.29) is 23.4 Å². The van der Waals surface area contributed by atoms with Crippen LogP contribution in [0.5, 0.6) is 0 Å². The molecule has 1 aromatic heterocycles. The van der Waals surface area contributed by atoms with Crippen molar-refractivity contribution >= 4 is 51.1 Å². The van der Waals surface area contributed by atoms with Crippen molar-refractivity contribution in [1.29, 1.82) is 0 Å². The Hall–Kier alpha value is -2.70. The number of benzene rings is 3. The molecule has 0 bridgehead atoms. The van der Waals surface area contributed by atoms with Gasteiger partial charge in [-0.15, -0.1) is 11.8 Å². The smallest absolute Gasteiger partial charge is 0.323 e. The Kier molecular flexibility index (Phi) is 5.15. The average Bonchev–Trinajstić information content (AvgIpc) is 3.05. The fourth-order valence-electron chi connectivity index (χ4n) is 3.21. The zero-order chi connectivity index (χ0) is 19.7. The highest BCUT2D eigenvalue weighted by molar-refractivity contribution is 8.00. The van der Waals surface area contributed by atoms with Crippen LogP contribution in [0.2, 0.25) is 5.02 Å². The summed E-state index contributed by atoms with van der Waals surface area (Å²) < 4.78 is 0. The van der Waals surface area contributed by atoms with Crippen LogP contribution in [0.15, 0.2) is 64.3 Å². The van der Waals surface area contributed by atoms with Crippen molar-refractivity contribution in [1.82, 2.24) is 15.3 Å². The summed E-state index contributed by atoms with van der Waals surface area (Å²) in [5.41, 5.74) is 2.15. The fraction of sp³-hybridized carbons (Fsp3) is 0.143. The van der Waals surface area contributed by atoms with Crippen molar-refractivity contribution < 1.29 is 4.79 Å². The van der Waals surface area contributed by atoms with E-state index in [0.29, 0.717) is 5.02 Å². The Morgan fingerprint density at radius 3 is 2.68 bits per heavy atom. The van der Waals surface area contributed by atoms with Crippen molar-refractivity contribution in [3.05, 3.63) is 75.7 Å². The number of carbonyl (C=O) groups excluding carboxylic acids is 1. The maximum absolute atomic E-state index is 12.5. The van der Waals surface area contributed by atoms with E-state index in [4.69, 9.17) is 11.6 Å². The fourth-order valence-corrected chi connectivity index (χ4v) is 4.47. The lowest BCUT2D eigenvalue weighted by molar-refractivity contribution is -0.119. The molecule has 4 aromatic rings. The number of aromatic nitrogens is 2. The number of carbonyl (C=O) groups is 1.